The van der Waals surface area contributed by atoms with Crippen LogP contribution in [0.5, 0.6) is 0 Å². The molecule has 0 bridgehead atoms. The molecular weight excluding hydrogens is 270 g/mol. The van der Waals surface area contributed by atoms with Gasteiger partial charge in [0.05, 0.1) is 10.9 Å². The van der Waals surface area contributed by atoms with E-state index in [1.165, 1.54) is 6.42 Å². The summed E-state index contributed by atoms with van der Waals surface area (Å²) in [7, 11) is 0. The highest BCUT2D eigenvalue weighted by atomic mass is 32.1. The van der Waals surface area contributed by atoms with Gasteiger partial charge in [-0.1, -0.05) is 19.9 Å². The van der Waals surface area contributed by atoms with E-state index in [0.29, 0.717) is 5.89 Å². The monoisotopic (exact) mass is 291 g/mol. The van der Waals surface area contributed by atoms with Crippen molar-refractivity contribution in [3.05, 3.63) is 23.4 Å². The summed E-state index contributed by atoms with van der Waals surface area (Å²) in [6.45, 7) is 9.03. The smallest absolute Gasteiger partial charge is 0.257 e. The molecule has 0 unspecified atom stereocenters. The topological polar surface area (TPSA) is 42.2 Å². The molecule has 4 nitrogen and oxygen atoms in total. The van der Waals surface area contributed by atoms with Crippen molar-refractivity contribution in [2.24, 2.45) is 11.8 Å². The number of hydrogen-bond acceptors (Lipinski definition) is 5. The van der Waals surface area contributed by atoms with Crippen LogP contribution >= 0.6 is 11.3 Å². The zero-order valence-corrected chi connectivity index (χ0v) is 13.1. The van der Waals surface area contributed by atoms with E-state index in [4.69, 9.17) is 4.42 Å². The van der Waals surface area contributed by atoms with Gasteiger partial charge in [-0.2, -0.15) is 0 Å². The van der Waals surface area contributed by atoms with Crippen molar-refractivity contribution >= 4 is 11.3 Å². The molecule has 0 aromatic carbocycles. The first-order valence-electron chi connectivity index (χ1n) is 7.25. The standard InChI is InChI=1S/C15H21N3OS/c1-10-7-11(2)9-18(8-10)12(3)14-16-17-15(19-14)13-5-4-6-20-13/h4-6,10-12H,7-9H2,1-3H3/t10-,11+,12-/m0/s1. The summed E-state index contributed by atoms with van der Waals surface area (Å²) in [6, 6.07) is 4.21. The maximum atomic E-state index is 5.86. The Morgan fingerprint density at radius 1 is 1.30 bits per heavy atom. The first kappa shape index (κ1) is 13.8. The Hall–Kier alpha value is -1.20. The molecule has 2 aromatic rings. The van der Waals surface area contributed by atoms with Crippen molar-refractivity contribution in [3.8, 4) is 10.8 Å². The average Bonchev–Trinajstić information content (AvgIpc) is 3.07. The molecule has 5 heteroatoms. The van der Waals surface area contributed by atoms with Crippen LogP contribution in [-0.4, -0.2) is 28.2 Å². The van der Waals surface area contributed by atoms with E-state index in [1.807, 2.05) is 17.5 Å². The molecule has 3 atom stereocenters. The molecule has 3 rings (SSSR count). The second kappa shape index (κ2) is 5.66. The minimum atomic E-state index is 0.196. The Morgan fingerprint density at radius 3 is 2.70 bits per heavy atom. The SMILES string of the molecule is C[C@@H]1C[C@H](C)CN([C@@H](C)c2nnc(-c3cccs3)o2)C1. The molecule has 20 heavy (non-hydrogen) atoms. The highest BCUT2D eigenvalue weighted by Crippen LogP contribution is 2.30. The summed E-state index contributed by atoms with van der Waals surface area (Å²) in [5, 5.41) is 10.4. The first-order chi connectivity index (χ1) is 9.63. The molecular formula is C15H21N3OS. The number of thiophene rings is 1. The summed E-state index contributed by atoms with van der Waals surface area (Å²) < 4.78 is 5.86. The van der Waals surface area contributed by atoms with Gasteiger partial charge in [0.25, 0.3) is 5.89 Å². The van der Waals surface area contributed by atoms with E-state index in [1.54, 1.807) is 11.3 Å². The molecule has 0 aliphatic carbocycles. The van der Waals surface area contributed by atoms with E-state index in [0.717, 1.165) is 35.7 Å². The lowest BCUT2D eigenvalue weighted by Gasteiger charge is -2.37. The maximum Gasteiger partial charge on any atom is 0.257 e. The summed E-state index contributed by atoms with van der Waals surface area (Å²) >= 11 is 1.63. The minimum Gasteiger partial charge on any atom is -0.418 e. The fraction of sp³-hybridized carbons (Fsp3) is 0.600. The summed E-state index contributed by atoms with van der Waals surface area (Å²) in [5.41, 5.74) is 0. The number of aromatic nitrogens is 2. The molecule has 0 radical (unpaired) electrons. The van der Waals surface area contributed by atoms with Gasteiger partial charge in [0.15, 0.2) is 0 Å². The van der Waals surface area contributed by atoms with Crippen LogP contribution in [0.15, 0.2) is 21.9 Å². The van der Waals surface area contributed by atoms with Crippen molar-refractivity contribution < 1.29 is 4.42 Å². The highest BCUT2D eigenvalue weighted by Gasteiger charge is 2.28. The quantitative estimate of drug-likeness (QED) is 0.861. The molecule has 3 heterocycles. The van der Waals surface area contributed by atoms with Gasteiger partial charge >= 0.3 is 0 Å². The first-order valence-corrected chi connectivity index (χ1v) is 8.12. The molecule has 1 saturated heterocycles. The lowest BCUT2D eigenvalue weighted by Crippen LogP contribution is -2.40. The Kier molecular flexibility index (Phi) is 3.89. The zero-order valence-electron chi connectivity index (χ0n) is 12.2. The van der Waals surface area contributed by atoms with E-state index in [-0.39, 0.29) is 6.04 Å². The minimum absolute atomic E-state index is 0.196. The van der Waals surface area contributed by atoms with Gasteiger partial charge in [0, 0.05) is 13.1 Å². The third-order valence-electron chi connectivity index (χ3n) is 3.97. The van der Waals surface area contributed by atoms with E-state index < -0.39 is 0 Å². The second-order valence-corrected chi connectivity index (χ2v) is 6.95. The van der Waals surface area contributed by atoms with Crippen LogP contribution in [0.2, 0.25) is 0 Å². The van der Waals surface area contributed by atoms with Crippen LogP contribution in [0.1, 0.15) is 39.1 Å². The summed E-state index contributed by atoms with van der Waals surface area (Å²) in [6.07, 6.45) is 1.31. The number of rotatable bonds is 3. The van der Waals surface area contributed by atoms with Crippen LogP contribution in [0.25, 0.3) is 10.8 Å². The van der Waals surface area contributed by atoms with Gasteiger partial charge < -0.3 is 4.42 Å². The molecule has 1 aliphatic rings. The Bertz CT molecular complexity index is 541. The van der Waals surface area contributed by atoms with Gasteiger partial charge in [-0.15, -0.1) is 21.5 Å². The van der Waals surface area contributed by atoms with Crippen molar-refractivity contribution in [1.82, 2.24) is 15.1 Å². The van der Waals surface area contributed by atoms with E-state index >= 15 is 0 Å². The largest absolute Gasteiger partial charge is 0.418 e. The third kappa shape index (κ3) is 2.79. The van der Waals surface area contributed by atoms with Crippen molar-refractivity contribution in [2.75, 3.05) is 13.1 Å². The van der Waals surface area contributed by atoms with Crippen molar-refractivity contribution in [2.45, 2.75) is 33.2 Å². The molecule has 2 aromatic heterocycles. The Labute approximate surface area is 123 Å². The molecule has 108 valence electrons. The van der Waals surface area contributed by atoms with Crippen LogP contribution < -0.4 is 0 Å². The molecule has 0 amide bonds. The van der Waals surface area contributed by atoms with Gasteiger partial charge in [0.1, 0.15) is 0 Å². The van der Waals surface area contributed by atoms with Gasteiger partial charge in [-0.25, -0.2) is 0 Å². The molecule has 1 aliphatic heterocycles. The predicted octanol–water partition coefficient (Wildman–Crippen LogP) is 3.84. The van der Waals surface area contributed by atoms with Crippen LogP contribution in [-0.2, 0) is 0 Å². The zero-order chi connectivity index (χ0) is 14.1. The lowest BCUT2D eigenvalue weighted by atomic mass is 9.91. The van der Waals surface area contributed by atoms with Crippen molar-refractivity contribution in [1.29, 1.82) is 0 Å². The van der Waals surface area contributed by atoms with Gasteiger partial charge in [-0.05, 0) is 36.6 Å². The highest BCUT2D eigenvalue weighted by molar-refractivity contribution is 7.13. The Balaban J connectivity index is 1.75. The van der Waals surface area contributed by atoms with E-state index in [9.17, 15) is 0 Å². The third-order valence-corrected chi connectivity index (χ3v) is 4.83. The number of nitrogens with zero attached hydrogens (tertiary/aromatic N) is 3. The number of hydrogen-bond donors (Lipinski definition) is 0. The molecule has 0 saturated carbocycles. The van der Waals surface area contributed by atoms with Gasteiger partial charge in [-0.3, -0.25) is 4.90 Å². The fourth-order valence-corrected chi connectivity index (χ4v) is 3.73. The van der Waals surface area contributed by atoms with Gasteiger partial charge in [0.2, 0.25) is 5.89 Å². The summed E-state index contributed by atoms with van der Waals surface area (Å²) in [4.78, 5) is 3.50. The molecule has 0 N–H and O–H groups in total. The normalized spacial score (nSPS) is 25.8. The average molecular weight is 291 g/mol. The van der Waals surface area contributed by atoms with Crippen LogP contribution in [0.4, 0.5) is 0 Å². The fourth-order valence-electron chi connectivity index (χ4n) is 3.09. The Morgan fingerprint density at radius 2 is 2.05 bits per heavy atom. The van der Waals surface area contributed by atoms with Crippen molar-refractivity contribution in [3.63, 3.8) is 0 Å². The summed E-state index contributed by atoms with van der Waals surface area (Å²) in [5.74, 6) is 2.84. The number of likely N-dealkylation sites (tertiary alicyclic amines) is 1. The van der Waals surface area contributed by atoms with Crippen LogP contribution in [0, 0.1) is 11.8 Å². The van der Waals surface area contributed by atoms with E-state index in [2.05, 4.69) is 35.9 Å². The predicted molar refractivity (Wildman–Crippen MR) is 80.5 cm³/mol. The maximum absolute atomic E-state index is 5.86. The second-order valence-electron chi connectivity index (χ2n) is 6.00. The molecule has 0 spiro atoms. The lowest BCUT2D eigenvalue weighted by molar-refractivity contribution is 0.0903. The molecule has 1 fully saturated rings. The number of piperidine rings is 1. The van der Waals surface area contributed by atoms with Crippen LogP contribution in [0.3, 0.4) is 0 Å².